The summed E-state index contributed by atoms with van der Waals surface area (Å²) in [5.74, 6) is -0.853. The first-order chi connectivity index (χ1) is 7.97. The molecule has 0 spiro atoms. The zero-order valence-corrected chi connectivity index (χ0v) is 12.1. The molecular formula is C10H15Cl2FN2O2S. The zero-order chi connectivity index (χ0) is 12.9. The molecule has 1 aromatic rings. The van der Waals surface area contributed by atoms with Crippen LogP contribution in [0.15, 0.2) is 23.1 Å². The second-order valence-corrected chi connectivity index (χ2v) is 5.50. The van der Waals surface area contributed by atoms with Crippen molar-refractivity contribution in [3.8, 4) is 0 Å². The highest BCUT2D eigenvalue weighted by Crippen LogP contribution is 2.18. The lowest BCUT2D eigenvalue weighted by atomic mass is 10.3. The molecular weight excluding hydrogens is 302 g/mol. The number of likely N-dealkylation sites (N-methyl/N-ethyl adjacent to an activating group) is 1. The normalized spacial score (nSPS) is 11.1. The summed E-state index contributed by atoms with van der Waals surface area (Å²) in [6.07, 6.45) is 0. The van der Waals surface area contributed by atoms with Gasteiger partial charge in [-0.2, -0.15) is 0 Å². The fraction of sp³-hybridized carbons (Fsp3) is 0.400. The maximum atomic E-state index is 13.4. The topological polar surface area (TPSA) is 58.2 Å². The second kappa shape index (κ2) is 7.91. The average Bonchev–Trinajstić information content (AvgIpc) is 2.24. The van der Waals surface area contributed by atoms with Gasteiger partial charge in [-0.15, -0.1) is 12.4 Å². The summed E-state index contributed by atoms with van der Waals surface area (Å²) in [7, 11) is -3.81. The van der Waals surface area contributed by atoms with Crippen LogP contribution in [0.3, 0.4) is 0 Å². The van der Waals surface area contributed by atoms with Crippen LogP contribution >= 0.6 is 24.0 Å². The Labute approximate surface area is 117 Å². The number of rotatable bonds is 6. The minimum absolute atomic E-state index is 0. The van der Waals surface area contributed by atoms with E-state index in [0.717, 1.165) is 18.7 Å². The fourth-order valence-electron chi connectivity index (χ4n) is 1.22. The summed E-state index contributed by atoms with van der Waals surface area (Å²) in [6, 6.07) is 3.46. The number of hydrogen-bond acceptors (Lipinski definition) is 3. The summed E-state index contributed by atoms with van der Waals surface area (Å²) >= 11 is 5.55. The maximum absolute atomic E-state index is 13.4. The van der Waals surface area contributed by atoms with E-state index < -0.39 is 20.7 Å². The lowest BCUT2D eigenvalue weighted by molar-refractivity contribution is 0.555. The number of halogens is 3. The summed E-state index contributed by atoms with van der Waals surface area (Å²) in [5, 5.41) is 3.12. The Morgan fingerprint density at radius 1 is 1.33 bits per heavy atom. The molecule has 0 bridgehead atoms. The number of hydrogen-bond donors (Lipinski definition) is 2. The van der Waals surface area contributed by atoms with Gasteiger partial charge in [0.15, 0.2) is 0 Å². The largest absolute Gasteiger partial charge is 0.316 e. The molecule has 0 radical (unpaired) electrons. The third kappa shape index (κ3) is 5.07. The lowest BCUT2D eigenvalue weighted by Gasteiger charge is -2.08. The van der Waals surface area contributed by atoms with Crippen LogP contribution in [0.2, 0.25) is 5.02 Å². The highest BCUT2D eigenvalue weighted by molar-refractivity contribution is 7.89. The SMILES string of the molecule is CCNCCNS(=O)(=O)c1ccc(Cl)cc1F.Cl. The molecule has 4 nitrogen and oxygen atoms in total. The van der Waals surface area contributed by atoms with Gasteiger partial charge in [0.2, 0.25) is 10.0 Å². The number of benzene rings is 1. The molecule has 0 heterocycles. The van der Waals surface area contributed by atoms with Crippen LogP contribution in [-0.4, -0.2) is 28.1 Å². The van der Waals surface area contributed by atoms with Crippen molar-refractivity contribution in [2.75, 3.05) is 19.6 Å². The summed E-state index contributed by atoms with van der Waals surface area (Å²) in [6.45, 7) is 3.35. The van der Waals surface area contributed by atoms with E-state index in [-0.39, 0.29) is 24.0 Å². The third-order valence-electron chi connectivity index (χ3n) is 2.03. The van der Waals surface area contributed by atoms with Crippen LogP contribution in [0.4, 0.5) is 4.39 Å². The predicted octanol–water partition coefficient (Wildman–Crippen LogP) is 1.79. The van der Waals surface area contributed by atoms with Crippen molar-refractivity contribution in [3.05, 3.63) is 29.0 Å². The zero-order valence-electron chi connectivity index (χ0n) is 9.74. The molecule has 1 rings (SSSR count). The van der Waals surface area contributed by atoms with Gasteiger partial charge in [-0.25, -0.2) is 17.5 Å². The molecule has 0 saturated carbocycles. The smallest absolute Gasteiger partial charge is 0.243 e. The van der Waals surface area contributed by atoms with E-state index in [1.54, 1.807) is 0 Å². The molecule has 0 aliphatic carbocycles. The standard InChI is InChI=1S/C10H14ClFN2O2S.ClH/c1-2-13-5-6-14-17(15,16)10-4-3-8(11)7-9(10)12;/h3-4,7,13-14H,2,5-6H2,1H3;1H. The van der Waals surface area contributed by atoms with Crippen LogP contribution < -0.4 is 10.0 Å². The molecule has 2 N–H and O–H groups in total. The Hall–Kier alpha value is -0.400. The molecule has 0 amide bonds. The molecule has 0 unspecified atom stereocenters. The third-order valence-corrected chi connectivity index (χ3v) is 3.76. The highest BCUT2D eigenvalue weighted by Gasteiger charge is 2.18. The Balaban J connectivity index is 0.00000289. The fourth-order valence-corrected chi connectivity index (χ4v) is 2.47. The average molecular weight is 317 g/mol. The van der Waals surface area contributed by atoms with Crippen LogP contribution in [0.1, 0.15) is 6.92 Å². The Kier molecular flexibility index (Phi) is 7.73. The van der Waals surface area contributed by atoms with Crippen molar-refractivity contribution in [2.24, 2.45) is 0 Å². The summed E-state index contributed by atoms with van der Waals surface area (Å²) in [5.41, 5.74) is 0. The van der Waals surface area contributed by atoms with E-state index in [1.165, 1.54) is 6.07 Å². The van der Waals surface area contributed by atoms with Crippen molar-refractivity contribution in [3.63, 3.8) is 0 Å². The molecule has 18 heavy (non-hydrogen) atoms. The van der Waals surface area contributed by atoms with Crippen molar-refractivity contribution < 1.29 is 12.8 Å². The Morgan fingerprint density at radius 3 is 2.56 bits per heavy atom. The van der Waals surface area contributed by atoms with Crippen LogP contribution in [-0.2, 0) is 10.0 Å². The van der Waals surface area contributed by atoms with E-state index >= 15 is 0 Å². The highest BCUT2D eigenvalue weighted by atomic mass is 35.5. The second-order valence-electron chi connectivity index (χ2n) is 3.33. The van der Waals surface area contributed by atoms with Crippen molar-refractivity contribution in [1.82, 2.24) is 10.0 Å². The molecule has 8 heteroatoms. The predicted molar refractivity (Wildman–Crippen MR) is 72.4 cm³/mol. The Morgan fingerprint density at radius 2 is 2.00 bits per heavy atom. The van der Waals surface area contributed by atoms with Crippen molar-refractivity contribution in [1.29, 1.82) is 0 Å². The first kappa shape index (κ1) is 17.6. The summed E-state index contributed by atoms with van der Waals surface area (Å²) in [4.78, 5) is -0.390. The summed E-state index contributed by atoms with van der Waals surface area (Å²) < 4.78 is 39.1. The minimum atomic E-state index is -3.81. The van der Waals surface area contributed by atoms with E-state index in [2.05, 4.69) is 10.0 Å². The molecule has 0 atom stereocenters. The van der Waals surface area contributed by atoms with Crippen LogP contribution in [0, 0.1) is 5.82 Å². The minimum Gasteiger partial charge on any atom is -0.316 e. The quantitative estimate of drug-likeness (QED) is 0.787. The van der Waals surface area contributed by atoms with Gasteiger partial charge in [0.05, 0.1) is 0 Å². The van der Waals surface area contributed by atoms with Crippen LogP contribution in [0.5, 0.6) is 0 Å². The van der Waals surface area contributed by atoms with Crippen molar-refractivity contribution in [2.45, 2.75) is 11.8 Å². The van der Waals surface area contributed by atoms with Crippen molar-refractivity contribution >= 4 is 34.0 Å². The molecule has 104 valence electrons. The molecule has 0 fully saturated rings. The van der Waals surface area contributed by atoms with Gasteiger partial charge >= 0.3 is 0 Å². The van der Waals surface area contributed by atoms with Gasteiger partial charge in [0, 0.05) is 18.1 Å². The number of sulfonamides is 1. The van der Waals surface area contributed by atoms with Crippen LogP contribution in [0.25, 0.3) is 0 Å². The van der Waals surface area contributed by atoms with Gasteiger partial charge in [-0.3, -0.25) is 0 Å². The lowest BCUT2D eigenvalue weighted by Crippen LogP contribution is -2.32. The monoisotopic (exact) mass is 316 g/mol. The van der Waals surface area contributed by atoms with Gasteiger partial charge in [-0.1, -0.05) is 18.5 Å². The molecule has 0 aliphatic rings. The first-order valence-corrected chi connectivity index (χ1v) is 6.99. The maximum Gasteiger partial charge on any atom is 0.243 e. The van der Waals surface area contributed by atoms with E-state index in [0.29, 0.717) is 6.54 Å². The molecule has 1 aromatic carbocycles. The van der Waals surface area contributed by atoms with Gasteiger partial charge in [0.1, 0.15) is 10.7 Å². The molecule has 0 saturated heterocycles. The number of nitrogens with one attached hydrogen (secondary N) is 2. The molecule has 0 aliphatic heterocycles. The molecule has 0 aromatic heterocycles. The van der Waals surface area contributed by atoms with E-state index in [4.69, 9.17) is 11.6 Å². The first-order valence-electron chi connectivity index (χ1n) is 5.13. The van der Waals surface area contributed by atoms with Gasteiger partial charge in [0.25, 0.3) is 0 Å². The van der Waals surface area contributed by atoms with Gasteiger partial charge in [-0.05, 0) is 24.7 Å². The Bertz CT molecular complexity index is 483. The van der Waals surface area contributed by atoms with E-state index in [9.17, 15) is 12.8 Å². The van der Waals surface area contributed by atoms with E-state index in [1.807, 2.05) is 6.92 Å². The van der Waals surface area contributed by atoms with Gasteiger partial charge < -0.3 is 5.32 Å².